The Morgan fingerprint density at radius 2 is 1.69 bits per heavy atom. The molecule has 0 bridgehead atoms. The van der Waals surface area contributed by atoms with E-state index in [2.05, 4.69) is 39.2 Å². The smallest absolute Gasteiger partial charge is 0.251 e. The number of nitrogens with zero attached hydrogens (tertiary/aromatic N) is 5. The van der Waals surface area contributed by atoms with Crippen molar-refractivity contribution >= 4 is 29.1 Å². The van der Waals surface area contributed by atoms with Gasteiger partial charge in [0.1, 0.15) is 6.04 Å². The van der Waals surface area contributed by atoms with E-state index in [-0.39, 0.29) is 11.9 Å². The molecule has 2 aliphatic rings. The van der Waals surface area contributed by atoms with Crippen LogP contribution < -0.4 is 4.90 Å². The predicted molar refractivity (Wildman–Crippen MR) is 120 cm³/mol. The summed E-state index contributed by atoms with van der Waals surface area (Å²) in [7, 11) is 4.04. The molecule has 0 aliphatic carbocycles. The van der Waals surface area contributed by atoms with Gasteiger partial charge in [0.05, 0.1) is 11.4 Å². The Hall–Kier alpha value is -3.67. The molecule has 146 valence electrons. The zero-order chi connectivity index (χ0) is 20.4. The van der Waals surface area contributed by atoms with E-state index in [4.69, 9.17) is 5.10 Å². The summed E-state index contributed by atoms with van der Waals surface area (Å²) in [6.45, 7) is 1.93. The number of hydrogen-bond acceptors (Lipinski definition) is 6. The highest BCUT2D eigenvalue weighted by atomic mass is 16.3. The van der Waals surface area contributed by atoms with Crippen molar-refractivity contribution in [3.63, 3.8) is 0 Å². The number of rotatable bonds is 4. The lowest BCUT2D eigenvalue weighted by Gasteiger charge is -2.31. The average Bonchev–Trinajstić information content (AvgIpc) is 2.73. The highest BCUT2D eigenvalue weighted by Gasteiger charge is 2.30. The Bertz CT molecular complexity index is 1050. The van der Waals surface area contributed by atoms with Gasteiger partial charge in [0.15, 0.2) is 0 Å². The summed E-state index contributed by atoms with van der Waals surface area (Å²) in [5.41, 5.74) is 4.75. The molecule has 0 saturated heterocycles. The molecule has 6 nitrogen and oxygen atoms in total. The van der Waals surface area contributed by atoms with Gasteiger partial charge in [-0.1, -0.05) is 48.5 Å². The van der Waals surface area contributed by atoms with Crippen LogP contribution in [0, 0.1) is 0 Å². The van der Waals surface area contributed by atoms with Crippen LogP contribution in [-0.2, 0) is 0 Å². The van der Waals surface area contributed by atoms with E-state index >= 15 is 0 Å². The Labute approximate surface area is 170 Å². The lowest BCUT2D eigenvalue weighted by molar-refractivity contribution is 0.329. The minimum atomic E-state index is -0.244. The van der Waals surface area contributed by atoms with Crippen LogP contribution in [0.15, 0.2) is 87.7 Å². The first-order chi connectivity index (χ1) is 14.0. The van der Waals surface area contributed by atoms with Gasteiger partial charge < -0.3 is 10.0 Å². The monoisotopic (exact) mass is 385 g/mol. The molecule has 0 unspecified atom stereocenters. The lowest BCUT2D eigenvalue weighted by Crippen LogP contribution is -2.37. The number of hydrogen-bond donors (Lipinski definition) is 1. The molecule has 0 radical (unpaired) electrons. The van der Waals surface area contributed by atoms with Crippen molar-refractivity contribution in [1.29, 1.82) is 0 Å². The molecule has 0 aromatic heterocycles. The highest BCUT2D eigenvalue weighted by molar-refractivity contribution is 6.48. The van der Waals surface area contributed by atoms with Crippen LogP contribution in [0.3, 0.4) is 0 Å². The maximum absolute atomic E-state index is 10.1. The molecule has 29 heavy (non-hydrogen) atoms. The van der Waals surface area contributed by atoms with Crippen LogP contribution in [-0.4, -0.2) is 41.6 Å². The first-order valence-corrected chi connectivity index (χ1v) is 9.44. The third-order valence-electron chi connectivity index (χ3n) is 4.82. The number of aliphatic hydroxyl groups excluding tert-OH is 1. The second-order valence-electron chi connectivity index (χ2n) is 7.14. The van der Waals surface area contributed by atoms with Gasteiger partial charge in [-0.05, 0) is 36.3 Å². The number of aliphatic imine (C=N–C) groups is 2. The van der Waals surface area contributed by atoms with E-state index in [0.29, 0.717) is 5.96 Å². The van der Waals surface area contributed by atoms with Gasteiger partial charge >= 0.3 is 0 Å². The van der Waals surface area contributed by atoms with Gasteiger partial charge in [-0.15, -0.1) is 0 Å². The molecule has 1 N–H and O–H groups in total. The van der Waals surface area contributed by atoms with Crippen LogP contribution in [0.5, 0.6) is 0 Å². The van der Waals surface area contributed by atoms with E-state index in [1.165, 1.54) is 0 Å². The molecule has 2 aromatic carbocycles. The molecule has 2 heterocycles. The van der Waals surface area contributed by atoms with E-state index in [1.807, 2.05) is 63.5 Å². The fourth-order valence-corrected chi connectivity index (χ4v) is 3.22. The predicted octanol–water partition coefficient (Wildman–Crippen LogP) is 4.41. The zero-order valence-electron chi connectivity index (χ0n) is 16.7. The number of anilines is 1. The van der Waals surface area contributed by atoms with Crippen molar-refractivity contribution in [2.45, 2.75) is 13.0 Å². The van der Waals surface area contributed by atoms with E-state index in [1.54, 1.807) is 11.1 Å². The van der Waals surface area contributed by atoms with Gasteiger partial charge in [0, 0.05) is 25.9 Å². The number of benzene rings is 2. The molecule has 4 rings (SSSR count). The largest absolute Gasteiger partial charge is 0.493 e. The third kappa shape index (κ3) is 3.96. The first-order valence-electron chi connectivity index (χ1n) is 9.44. The molecule has 2 aromatic rings. The number of guanidine groups is 1. The van der Waals surface area contributed by atoms with Gasteiger partial charge in [-0.25, -0.2) is 10.0 Å². The summed E-state index contributed by atoms with van der Waals surface area (Å²) >= 11 is 0. The van der Waals surface area contributed by atoms with Crippen molar-refractivity contribution in [1.82, 2.24) is 5.01 Å². The molecular formula is C23H23N5O. The summed E-state index contributed by atoms with van der Waals surface area (Å²) in [6.07, 6.45) is 5.61. The number of hydrazone groups is 1. The third-order valence-corrected chi connectivity index (χ3v) is 4.82. The fraction of sp³-hybridized carbons (Fsp3) is 0.174. The van der Waals surface area contributed by atoms with Gasteiger partial charge in [0.2, 0.25) is 5.88 Å². The van der Waals surface area contributed by atoms with Crippen LogP contribution in [0.4, 0.5) is 5.69 Å². The Kier molecular flexibility index (Phi) is 4.99. The van der Waals surface area contributed by atoms with Crippen molar-refractivity contribution in [2.24, 2.45) is 15.1 Å². The van der Waals surface area contributed by atoms with Crippen molar-refractivity contribution < 1.29 is 5.11 Å². The van der Waals surface area contributed by atoms with Gasteiger partial charge in [0.25, 0.3) is 5.96 Å². The van der Waals surface area contributed by atoms with Crippen LogP contribution in [0.25, 0.3) is 6.08 Å². The molecule has 2 aliphatic heterocycles. The molecule has 0 fully saturated rings. The summed E-state index contributed by atoms with van der Waals surface area (Å²) in [4.78, 5) is 10.9. The average molecular weight is 385 g/mol. The van der Waals surface area contributed by atoms with E-state index in [9.17, 15) is 5.11 Å². The van der Waals surface area contributed by atoms with E-state index in [0.717, 1.165) is 28.2 Å². The number of aliphatic hydroxyl groups is 1. The summed E-state index contributed by atoms with van der Waals surface area (Å²) in [5.74, 6) is 0.332. The van der Waals surface area contributed by atoms with E-state index < -0.39 is 0 Å². The van der Waals surface area contributed by atoms with Crippen molar-refractivity contribution in [3.8, 4) is 0 Å². The number of allylic oxidation sites excluding steroid dienone is 1. The first kappa shape index (κ1) is 18.7. The summed E-state index contributed by atoms with van der Waals surface area (Å²) in [6, 6.07) is 17.9. The van der Waals surface area contributed by atoms with Crippen molar-refractivity contribution in [3.05, 3.63) is 83.8 Å². The standard InChI is InChI=1S/C23H23N5O/c1-16-20(14-11-17-9-12-19(13-10-17)27(2)3)24-23-25-22(29)15-21(28(23)26-16)18-7-5-4-6-8-18/h4-15,21,29H,1-3H3/b14-11+/t21-/m1/s1. The normalized spacial score (nSPS) is 18.6. The highest BCUT2D eigenvalue weighted by Crippen LogP contribution is 2.30. The molecule has 0 amide bonds. The minimum Gasteiger partial charge on any atom is -0.493 e. The van der Waals surface area contributed by atoms with Gasteiger partial charge in [-0.2, -0.15) is 10.1 Å². The number of fused-ring (bicyclic) bond motifs is 1. The second kappa shape index (κ2) is 7.75. The Morgan fingerprint density at radius 1 is 0.966 bits per heavy atom. The van der Waals surface area contributed by atoms with Crippen LogP contribution in [0.1, 0.15) is 24.1 Å². The maximum Gasteiger partial charge on any atom is 0.251 e. The summed E-state index contributed by atoms with van der Waals surface area (Å²) < 4.78 is 0. The zero-order valence-corrected chi connectivity index (χ0v) is 16.7. The quantitative estimate of drug-likeness (QED) is 0.848. The minimum absolute atomic E-state index is 0.0498. The van der Waals surface area contributed by atoms with Crippen molar-refractivity contribution in [2.75, 3.05) is 19.0 Å². The van der Waals surface area contributed by atoms with Crippen LogP contribution in [0.2, 0.25) is 0 Å². The SMILES string of the molecule is CC1=NN2C(=NC(O)=C[C@@H]2c2ccccc2)N=C1/C=C/c1ccc(N(C)C)cc1. The second-order valence-corrected chi connectivity index (χ2v) is 7.14. The topological polar surface area (TPSA) is 63.8 Å². The Morgan fingerprint density at radius 3 is 2.38 bits per heavy atom. The fourth-order valence-electron chi connectivity index (χ4n) is 3.22. The summed E-state index contributed by atoms with van der Waals surface area (Å²) in [5, 5.41) is 16.6. The molecular weight excluding hydrogens is 362 g/mol. The molecule has 0 saturated carbocycles. The maximum atomic E-state index is 10.1. The lowest BCUT2D eigenvalue weighted by atomic mass is 10.1. The molecule has 1 atom stereocenters. The molecule has 0 spiro atoms. The van der Waals surface area contributed by atoms with Gasteiger partial charge in [-0.3, -0.25) is 0 Å². The molecule has 6 heteroatoms. The van der Waals surface area contributed by atoms with Crippen LogP contribution >= 0.6 is 0 Å². The Balaban J connectivity index is 1.60.